The number of carbonyl (C=O) groups is 2. The van der Waals surface area contributed by atoms with Crippen LogP contribution in [0.25, 0.3) is 0 Å². The van der Waals surface area contributed by atoms with E-state index < -0.39 is 0 Å². The highest BCUT2D eigenvalue weighted by Crippen LogP contribution is 2.37. The van der Waals surface area contributed by atoms with Crippen LogP contribution in [0.15, 0.2) is 97.1 Å². The second-order valence-corrected chi connectivity index (χ2v) is 8.52. The molecule has 36 heavy (non-hydrogen) atoms. The van der Waals surface area contributed by atoms with Crippen molar-refractivity contribution in [3.63, 3.8) is 0 Å². The molecule has 0 saturated heterocycles. The minimum atomic E-state index is -0.218. The number of ether oxygens (including phenoxy) is 2. The zero-order valence-electron chi connectivity index (χ0n) is 20.2. The van der Waals surface area contributed by atoms with Crippen LogP contribution in [-0.4, -0.2) is 26.0 Å². The number of hydrogen-bond acceptors (Lipinski definition) is 4. The molecule has 4 aromatic rings. The molecular weight excluding hydrogens is 452 g/mol. The maximum absolute atomic E-state index is 14.2. The van der Waals surface area contributed by atoms with Crippen molar-refractivity contribution in [3.05, 3.63) is 119 Å². The van der Waals surface area contributed by atoms with Gasteiger partial charge in [0, 0.05) is 0 Å². The third-order valence-electron chi connectivity index (χ3n) is 6.31. The topological polar surface area (TPSA) is 59.1 Å². The number of fused-ring (bicyclic) bond motifs is 2. The van der Waals surface area contributed by atoms with E-state index in [1.807, 2.05) is 60.7 Å². The number of amides is 2. The first-order valence-corrected chi connectivity index (χ1v) is 11.7. The molecule has 0 radical (unpaired) electrons. The van der Waals surface area contributed by atoms with Crippen LogP contribution >= 0.6 is 0 Å². The Hall–Kier alpha value is -4.58. The van der Waals surface area contributed by atoms with E-state index in [0.717, 1.165) is 11.1 Å². The number of nitrogens with zero attached hydrogens (tertiary/aromatic N) is 2. The van der Waals surface area contributed by atoms with Gasteiger partial charge in [0.15, 0.2) is 0 Å². The number of benzene rings is 4. The molecule has 4 aromatic carbocycles. The van der Waals surface area contributed by atoms with Gasteiger partial charge in [-0.25, -0.2) is 0 Å². The molecule has 6 nitrogen and oxygen atoms in total. The average Bonchev–Trinajstić information content (AvgIpc) is 2.94. The van der Waals surface area contributed by atoms with Crippen molar-refractivity contribution < 1.29 is 19.1 Å². The SMILES string of the molecule is COc1ccc2c(c1)C(=O)N(Cc1ccccc1)c1ccc(OC)cc1C(=O)N2Cc1ccccc1. The zero-order chi connectivity index (χ0) is 25.1. The first-order chi connectivity index (χ1) is 17.6. The van der Waals surface area contributed by atoms with Crippen LogP contribution in [0.4, 0.5) is 11.4 Å². The van der Waals surface area contributed by atoms with Crippen molar-refractivity contribution in [2.45, 2.75) is 13.1 Å². The van der Waals surface area contributed by atoms with Crippen LogP contribution < -0.4 is 19.3 Å². The molecule has 0 N–H and O–H groups in total. The summed E-state index contributed by atoms with van der Waals surface area (Å²) in [5, 5.41) is 0. The molecule has 2 amide bonds. The van der Waals surface area contributed by atoms with Gasteiger partial charge in [-0.15, -0.1) is 0 Å². The van der Waals surface area contributed by atoms with Crippen molar-refractivity contribution in [1.82, 2.24) is 0 Å². The molecule has 5 rings (SSSR count). The Balaban J connectivity index is 1.72. The van der Waals surface area contributed by atoms with Gasteiger partial charge in [-0.3, -0.25) is 9.59 Å². The maximum Gasteiger partial charge on any atom is 0.260 e. The average molecular weight is 479 g/mol. The van der Waals surface area contributed by atoms with Crippen LogP contribution in [0.1, 0.15) is 31.8 Å². The van der Waals surface area contributed by atoms with E-state index in [1.54, 1.807) is 60.4 Å². The number of hydrogen-bond donors (Lipinski definition) is 0. The quantitative estimate of drug-likeness (QED) is 0.356. The Labute approximate surface area is 210 Å². The van der Waals surface area contributed by atoms with Crippen LogP contribution in [0.5, 0.6) is 11.5 Å². The summed E-state index contributed by atoms with van der Waals surface area (Å²) in [5.74, 6) is 0.656. The predicted molar refractivity (Wildman–Crippen MR) is 140 cm³/mol. The third kappa shape index (κ3) is 4.41. The monoisotopic (exact) mass is 478 g/mol. The lowest BCUT2D eigenvalue weighted by Crippen LogP contribution is -2.40. The van der Waals surface area contributed by atoms with Crippen molar-refractivity contribution in [2.24, 2.45) is 0 Å². The van der Waals surface area contributed by atoms with Gasteiger partial charge in [0.05, 0.1) is 49.8 Å². The van der Waals surface area contributed by atoms with Crippen molar-refractivity contribution in [2.75, 3.05) is 24.0 Å². The van der Waals surface area contributed by atoms with Crippen molar-refractivity contribution >= 4 is 23.2 Å². The van der Waals surface area contributed by atoms with Gasteiger partial charge in [0.2, 0.25) is 0 Å². The molecule has 0 fully saturated rings. The summed E-state index contributed by atoms with van der Waals surface area (Å²) in [6.45, 7) is 0.614. The second kappa shape index (κ2) is 9.96. The van der Waals surface area contributed by atoms with E-state index in [0.29, 0.717) is 47.1 Å². The number of anilines is 2. The van der Waals surface area contributed by atoms with Gasteiger partial charge in [0.25, 0.3) is 11.8 Å². The molecular formula is C30H26N2O4. The smallest absolute Gasteiger partial charge is 0.260 e. The van der Waals surface area contributed by atoms with E-state index in [-0.39, 0.29) is 11.8 Å². The fourth-order valence-corrected chi connectivity index (χ4v) is 4.45. The first-order valence-electron chi connectivity index (χ1n) is 11.7. The Morgan fingerprint density at radius 1 is 0.556 bits per heavy atom. The Bertz CT molecular complexity index is 1290. The summed E-state index contributed by atoms with van der Waals surface area (Å²) in [5.41, 5.74) is 3.76. The van der Waals surface area contributed by atoms with Gasteiger partial charge in [-0.2, -0.15) is 0 Å². The van der Waals surface area contributed by atoms with Crippen LogP contribution in [0, 0.1) is 0 Å². The van der Waals surface area contributed by atoms with E-state index in [2.05, 4.69) is 0 Å². The highest BCUT2D eigenvalue weighted by molar-refractivity contribution is 6.20. The fraction of sp³-hybridized carbons (Fsp3) is 0.133. The van der Waals surface area contributed by atoms with E-state index in [4.69, 9.17) is 9.47 Å². The molecule has 6 heteroatoms. The Morgan fingerprint density at radius 2 is 0.944 bits per heavy atom. The molecule has 0 unspecified atom stereocenters. The molecule has 0 saturated carbocycles. The Morgan fingerprint density at radius 3 is 1.31 bits per heavy atom. The molecule has 0 atom stereocenters. The first kappa shape index (κ1) is 23.2. The summed E-state index contributed by atoms with van der Waals surface area (Å²) < 4.78 is 10.9. The number of methoxy groups -OCH3 is 2. The highest BCUT2D eigenvalue weighted by atomic mass is 16.5. The minimum Gasteiger partial charge on any atom is -0.497 e. The third-order valence-corrected chi connectivity index (χ3v) is 6.31. The molecule has 1 aliphatic rings. The lowest BCUT2D eigenvalue weighted by atomic mass is 10.0. The van der Waals surface area contributed by atoms with Gasteiger partial charge >= 0.3 is 0 Å². The molecule has 0 bridgehead atoms. The largest absolute Gasteiger partial charge is 0.497 e. The highest BCUT2D eigenvalue weighted by Gasteiger charge is 2.33. The zero-order valence-corrected chi connectivity index (χ0v) is 20.2. The van der Waals surface area contributed by atoms with Crippen molar-refractivity contribution in [1.29, 1.82) is 0 Å². The van der Waals surface area contributed by atoms with Crippen molar-refractivity contribution in [3.8, 4) is 11.5 Å². The second-order valence-electron chi connectivity index (χ2n) is 8.52. The number of rotatable bonds is 6. The summed E-state index contributed by atoms with van der Waals surface area (Å²) in [6, 6.07) is 30.0. The van der Waals surface area contributed by atoms with E-state index in [1.165, 1.54) is 0 Å². The normalized spacial score (nSPS) is 12.9. The summed E-state index contributed by atoms with van der Waals surface area (Å²) in [6.07, 6.45) is 0. The predicted octanol–water partition coefficient (Wildman–Crippen LogP) is 5.71. The van der Waals surface area contributed by atoms with Crippen LogP contribution in [-0.2, 0) is 13.1 Å². The van der Waals surface area contributed by atoms with E-state index in [9.17, 15) is 9.59 Å². The van der Waals surface area contributed by atoms with Crippen LogP contribution in [0.3, 0.4) is 0 Å². The summed E-state index contributed by atoms with van der Waals surface area (Å²) >= 11 is 0. The molecule has 1 aliphatic heterocycles. The molecule has 180 valence electrons. The number of carbonyl (C=O) groups excluding carboxylic acids is 2. The van der Waals surface area contributed by atoms with Gasteiger partial charge < -0.3 is 19.3 Å². The standard InChI is InChI=1S/C30H26N2O4/c1-35-23-13-15-27-25(17-23)29(33)32(20-22-11-7-4-8-12-22)28-16-14-24(36-2)18-26(28)30(34)31(27)19-21-9-5-3-6-10-21/h3-18H,19-20H2,1-2H3. The summed E-state index contributed by atoms with van der Waals surface area (Å²) in [4.78, 5) is 31.7. The molecule has 1 heterocycles. The Kier molecular flexibility index (Phi) is 6.41. The van der Waals surface area contributed by atoms with Crippen LogP contribution in [0.2, 0.25) is 0 Å². The molecule has 0 aromatic heterocycles. The molecule has 0 aliphatic carbocycles. The lowest BCUT2D eigenvalue weighted by molar-refractivity contribution is 0.0971. The summed E-state index contributed by atoms with van der Waals surface area (Å²) in [7, 11) is 3.12. The molecule has 0 spiro atoms. The van der Waals surface area contributed by atoms with Gasteiger partial charge in [0.1, 0.15) is 11.5 Å². The van der Waals surface area contributed by atoms with E-state index >= 15 is 0 Å². The van der Waals surface area contributed by atoms with Gasteiger partial charge in [-0.1, -0.05) is 60.7 Å². The maximum atomic E-state index is 14.2. The lowest BCUT2D eigenvalue weighted by Gasteiger charge is -2.33. The minimum absolute atomic E-state index is 0.218. The fourth-order valence-electron chi connectivity index (χ4n) is 4.45. The van der Waals surface area contributed by atoms with Gasteiger partial charge in [-0.05, 0) is 47.5 Å².